The Kier molecular flexibility index (Phi) is 8.24. The van der Waals surface area contributed by atoms with Gasteiger partial charge >= 0.3 is 0 Å². The summed E-state index contributed by atoms with van der Waals surface area (Å²) in [6, 6.07) is 4.88. The fourth-order valence-electron chi connectivity index (χ4n) is 3.21. The molecule has 0 spiro atoms. The Bertz CT molecular complexity index is 502. The predicted molar refractivity (Wildman–Crippen MR) is 111 cm³/mol. The molecule has 1 aliphatic rings. The SMILES string of the molecule is CCCCN1CCC(NC(=NCC(C)(C)c2cccs2)NCC)CC1. The normalized spacial score (nSPS) is 17.7. The molecule has 1 saturated heterocycles. The quantitative estimate of drug-likeness (QED) is 0.544. The van der Waals surface area contributed by atoms with Gasteiger partial charge in [-0.3, -0.25) is 4.99 Å². The zero-order valence-corrected chi connectivity index (χ0v) is 17.3. The van der Waals surface area contributed by atoms with E-state index in [0.717, 1.165) is 19.0 Å². The third kappa shape index (κ3) is 6.63. The zero-order chi connectivity index (χ0) is 18.1. The first kappa shape index (κ1) is 20.2. The van der Waals surface area contributed by atoms with E-state index in [1.807, 2.05) is 11.3 Å². The van der Waals surface area contributed by atoms with Crippen molar-refractivity contribution in [3.63, 3.8) is 0 Å². The van der Waals surface area contributed by atoms with E-state index < -0.39 is 0 Å². The van der Waals surface area contributed by atoms with E-state index in [1.54, 1.807) is 0 Å². The Hall–Kier alpha value is -1.07. The van der Waals surface area contributed by atoms with Gasteiger partial charge in [0.15, 0.2) is 5.96 Å². The summed E-state index contributed by atoms with van der Waals surface area (Å²) in [6.45, 7) is 14.3. The summed E-state index contributed by atoms with van der Waals surface area (Å²) in [4.78, 5) is 8.89. The summed E-state index contributed by atoms with van der Waals surface area (Å²) in [5.41, 5.74) is 0.0834. The molecule has 2 rings (SSSR count). The number of unbranched alkanes of at least 4 members (excludes halogenated alkanes) is 1. The van der Waals surface area contributed by atoms with E-state index in [2.05, 4.69) is 60.7 Å². The zero-order valence-electron chi connectivity index (χ0n) is 16.5. The lowest BCUT2D eigenvalue weighted by Crippen LogP contribution is -2.49. The van der Waals surface area contributed by atoms with Crippen molar-refractivity contribution in [2.45, 2.75) is 64.8 Å². The molecule has 1 aromatic rings. The molecule has 0 unspecified atom stereocenters. The highest BCUT2D eigenvalue weighted by molar-refractivity contribution is 7.10. The summed E-state index contributed by atoms with van der Waals surface area (Å²) < 4.78 is 0. The molecule has 2 heterocycles. The van der Waals surface area contributed by atoms with Crippen LogP contribution in [0.5, 0.6) is 0 Å². The highest BCUT2D eigenvalue weighted by Gasteiger charge is 2.23. The molecule has 0 aliphatic carbocycles. The largest absolute Gasteiger partial charge is 0.357 e. The molecule has 0 atom stereocenters. The maximum Gasteiger partial charge on any atom is 0.191 e. The Morgan fingerprint density at radius 2 is 2.08 bits per heavy atom. The molecule has 1 fully saturated rings. The first-order valence-electron chi connectivity index (χ1n) is 9.86. The van der Waals surface area contributed by atoms with Crippen molar-refractivity contribution in [1.82, 2.24) is 15.5 Å². The topological polar surface area (TPSA) is 39.7 Å². The Morgan fingerprint density at radius 3 is 2.68 bits per heavy atom. The van der Waals surface area contributed by atoms with Crippen LogP contribution in [-0.4, -0.2) is 49.6 Å². The van der Waals surface area contributed by atoms with Crippen LogP contribution in [0.1, 0.15) is 58.3 Å². The minimum absolute atomic E-state index is 0.0834. The molecule has 1 aromatic heterocycles. The highest BCUT2D eigenvalue weighted by atomic mass is 32.1. The summed E-state index contributed by atoms with van der Waals surface area (Å²) in [5.74, 6) is 0.971. The Morgan fingerprint density at radius 1 is 1.32 bits per heavy atom. The standard InChI is InChI=1S/C20H36N4S/c1-5-7-12-24-13-10-17(11-14-24)23-19(21-6-2)22-16-20(3,4)18-9-8-15-25-18/h8-9,15,17H,5-7,10-14,16H2,1-4H3,(H2,21,22,23). The molecule has 0 amide bonds. The molecule has 25 heavy (non-hydrogen) atoms. The van der Waals surface area contributed by atoms with E-state index in [-0.39, 0.29) is 5.41 Å². The number of hydrogen-bond donors (Lipinski definition) is 2. The first-order chi connectivity index (χ1) is 12.0. The van der Waals surface area contributed by atoms with Crippen molar-refractivity contribution >= 4 is 17.3 Å². The number of nitrogens with one attached hydrogen (secondary N) is 2. The van der Waals surface area contributed by atoms with Crippen LogP contribution >= 0.6 is 11.3 Å². The van der Waals surface area contributed by atoms with E-state index >= 15 is 0 Å². The molecule has 0 saturated carbocycles. The van der Waals surface area contributed by atoms with Gasteiger partial charge in [0.05, 0.1) is 6.54 Å². The van der Waals surface area contributed by atoms with E-state index in [9.17, 15) is 0 Å². The van der Waals surface area contributed by atoms with Crippen LogP contribution in [0.3, 0.4) is 0 Å². The molecule has 0 radical (unpaired) electrons. The van der Waals surface area contributed by atoms with Gasteiger partial charge in [-0.1, -0.05) is 33.3 Å². The summed E-state index contributed by atoms with van der Waals surface area (Å²) >= 11 is 1.82. The molecule has 5 heteroatoms. The van der Waals surface area contributed by atoms with Gasteiger partial charge in [-0.25, -0.2) is 0 Å². The van der Waals surface area contributed by atoms with Gasteiger partial charge in [0.1, 0.15) is 0 Å². The number of thiophene rings is 1. The average molecular weight is 365 g/mol. The third-order valence-electron chi connectivity index (χ3n) is 4.92. The van der Waals surface area contributed by atoms with Crippen molar-refractivity contribution in [1.29, 1.82) is 0 Å². The number of guanidine groups is 1. The summed E-state index contributed by atoms with van der Waals surface area (Å²) in [5, 5.41) is 9.24. The third-order valence-corrected chi connectivity index (χ3v) is 6.16. The second-order valence-electron chi connectivity index (χ2n) is 7.67. The maximum atomic E-state index is 4.89. The van der Waals surface area contributed by atoms with Gasteiger partial charge in [0, 0.05) is 36.0 Å². The maximum absolute atomic E-state index is 4.89. The number of nitrogens with zero attached hydrogens (tertiary/aromatic N) is 2. The molecular weight excluding hydrogens is 328 g/mol. The summed E-state index contributed by atoms with van der Waals surface area (Å²) in [6.07, 6.45) is 5.03. The van der Waals surface area contributed by atoms with Crippen LogP contribution in [0.2, 0.25) is 0 Å². The molecular formula is C20H36N4S. The van der Waals surface area contributed by atoms with Gasteiger partial charge < -0.3 is 15.5 Å². The fourth-order valence-corrected chi connectivity index (χ4v) is 4.06. The number of likely N-dealkylation sites (tertiary alicyclic amines) is 1. The molecule has 0 bridgehead atoms. The van der Waals surface area contributed by atoms with Crippen molar-refractivity contribution in [2.24, 2.45) is 4.99 Å². The number of rotatable bonds is 8. The van der Waals surface area contributed by atoms with Crippen LogP contribution in [0.25, 0.3) is 0 Å². The smallest absolute Gasteiger partial charge is 0.191 e. The molecule has 2 N–H and O–H groups in total. The van der Waals surface area contributed by atoms with Gasteiger partial charge in [-0.15, -0.1) is 11.3 Å². The average Bonchev–Trinajstić information content (AvgIpc) is 3.15. The molecule has 1 aliphatic heterocycles. The van der Waals surface area contributed by atoms with Gasteiger partial charge in [0.2, 0.25) is 0 Å². The minimum Gasteiger partial charge on any atom is -0.357 e. The van der Waals surface area contributed by atoms with Crippen molar-refractivity contribution in [3.05, 3.63) is 22.4 Å². The molecule has 142 valence electrons. The highest BCUT2D eigenvalue weighted by Crippen LogP contribution is 2.27. The second-order valence-corrected chi connectivity index (χ2v) is 8.62. The van der Waals surface area contributed by atoms with Crippen molar-refractivity contribution in [2.75, 3.05) is 32.7 Å². The summed E-state index contributed by atoms with van der Waals surface area (Å²) in [7, 11) is 0. The first-order valence-corrected chi connectivity index (χ1v) is 10.7. The number of hydrogen-bond acceptors (Lipinski definition) is 3. The van der Waals surface area contributed by atoms with Crippen LogP contribution in [0.15, 0.2) is 22.5 Å². The monoisotopic (exact) mass is 364 g/mol. The van der Waals surface area contributed by atoms with Crippen LogP contribution in [0, 0.1) is 0 Å². The second kappa shape index (κ2) is 10.2. The number of aliphatic imine (C=N–C) groups is 1. The fraction of sp³-hybridized carbons (Fsp3) is 0.750. The van der Waals surface area contributed by atoms with Crippen molar-refractivity contribution < 1.29 is 0 Å². The lowest BCUT2D eigenvalue weighted by Gasteiger charge is -2.33. The lowest BCUT2D eigenvalue weighted by atomic mass is 9.92. The Labute approximate surface area is 158 Å². The van der Waals surface area contributed by atoms with E-state index in [4.69, 9.17) is 4.99 Å². The van der Waals surface area contributed by atoms with E-state index in [1.165, 1.54) is 50.2 Å². The van der Waals surface area contributed by atoms with Crippen molar-refractivity contribution in [3.8, 4) is 0 Å². The van der Waals surface area contributed by atoms with Crippen LogP contribution < -0.4 is 10.6 Å². The Balaban J connectivity index is 1.86. The number of piperidine rings is 1. The lowest BCUT2D eigenvalue weighted by molar-refractivity contribution is 0.203. The predicted octanol–water partition coefficient (Wildman–Crippen LogP) is 3.85. The van der Waals surface area contributed by atoms with Crippen LogP contribution in [-0.2, 0) is 5.41 Å². The molecule has 4 nitrogen and oxygen atoms in total. The van der Waals surface area contributed by atoms with Gasteiger partial charge in [-0.05, 0) is 44.2 Å². The van der Waals surface area contributed by atoms with Gasteiger partial charge in [0.25, 0.3) is 0 Å². The van der Waals surface area contributed by atoms with E-state index in [0.29, 0.717) is 6.04 Å². The minimum atomic E-state index is 0.0834. The molecule has 0 aromatic carbocycles. The van der Waals surface area contributed by atoms with Crippen LogP contribution in [0.4, 0.5) is 0 Å². The van der Waals surface area contributed by atoms with Gasteiger partial charge in [-0.2, -0.15) is 0 Å².